The summed E-state index contributed by atoms with van der Waals surface area (Å²) in [5.74, 6) is -1.28. The molecule has 1 fully saturated rings. The third-order valence-corrected chi connectivity index (χ3v) is 2.87. The third kappa shape index (κ3) is 1.52. The van der Waals surface area contributed by atoms with Gasteiger partial charge in [-0.1, -0.05) is 0 Å². The highest BCUT2D eigenvalue weighted by molar-refractivity contribution is 5.97. The Balaban J connectivity index is 2.31. The van der Waals surface area contributed by atoms with Gasteiger partial charge in [0.2, 0.25) is 0 Å². The van der Waals surface area contributed by atoms with Crippen molar-refractivity contribution in [1.82, 2.24) is 0 Å². The maximum Gasteiger partial charge on any atom is 0.320 e. The summed E-state index contributed by atoms with van der Waals surface area (Å²) in [7, 11) is 3.02. The van der Waals surface area contributed by atoms with Crippen molar-refractivity contribution in [1.29, 1.82) is 0 Å². The van der Waals surface area contributed by atoms with Gasteiger partial charge < -0.3 is 14.2 Å². The van der Waals surface area contributed by atoms with Crippen molar-refractivity contribution >= 4 is 11.9 Å². The van der Waals surface area contributed by atoms with Gasteiger partial charge in [-0.05, 0) is 6.08 Å². The monoisotopic (exact) mass is 212 g/mol. The summed E-state index contributed by atoms with van der Waals surface area (Å²) in [6.07, 6.45) is 1.70. The Morgan fingerprint density at radius 1 is 1.33 bits per heavy atom. The molecule has 1 saturated heterocycles. The van der Waals surface area contributed by atoms with Crippen molar-refractivity contribution in [2.24, 2.45) is 11.8 Å². The molecule has 0 spiro atoms. The second-order valence-electron chi connectivity index (χ2n) is 3.61. The van der Waals surface area contributed by atoms with Crippen LogP contribution in [0.1, 0.15) is 6.42 Å². The minimum atomic E-state index is -0.513. The highest BCUT2D eigenvalue weighted by atomic mass is 16.6. The molecule has 0 aromatic rings. The molecule has 82 valence electrons. The smallest absolute Gasteiger partial charge is 0.320 e. The number of fused-ring (bicyclic) bond motifs is 1. The molecule has 0 N–H and O–H groups in total. The van der Waals surface area contributed by atoms with E-state index in [1.165, 1.54) is 14.2 Å². The first kappa shape index (κ1) is 10.2. The molecule has 0 aromatic carbocycles. The summed E-state index contributed by atoms with van der Waals surface area (Å²) in [4.78, 5) is 22.8. The summed E-state index contributed by atoms with van der Waals surface area (Å²) >= 11 is 0. The number of carbonyl (C=O) groups is 2. The van der Waals surface area contributed by atoms with E-state index >= 15 is 0 Å². The van der Waals surface area contributed by atoms with Gasteiger partial charge in [-0.25, -0.2) is 0 Å². The van der Waals surface area contributed by atoms with E-state index in [9.17, 15) is 9.59 Å². The zero-order valence-electron chi connectivity index (χ0n) is 8.56. The van der Waals surface area contributed by atoms with E-state index in [1.807, 2.05) is 0 Å². The van der Waals surface area contributed by atoms with Crippen molar-refractivity contribution in [2.45, 2.75) is 12.5 Å². The lowest BCUT2D eigenvalue weighted by Crippen LogP contribution is -2.34. The number of allylic oxidation sites excluding steroid dienone is 1. The molecule has 5 heteroatoms. The van der Waals surface area contributed by atoms with E-state index in [4.69, 9.17) is 9.47 Å². The Bertz CT molecular complexity index is 333. The molecule has 2 aliphatic rings. The normalized spacial score (nSPS) is 34.5. The molecule has 1 aliphatic heterocycles. The number of cyclic esters (lactones) is 2. The molecular formula is C10H12O5. The molecule has 2 rings (SSSR count). The summed E-state index contributed by atoms with van der Waals surface area (Å²) in [6.45, 7) is 0. The van der Waals surface area contributed by atoms with Crippen LogP contribution in [0.2, 0.25) is 0 Å². The summed E-state index contributed by atoms with van der Waals surface area (Å²) in [5, 5.41) is 0. The van der Waals surface area contributed by atoms with Gasteiger partial charge in [-0.15, -0.1) is 0 Å². The van der Waals surface area contributed by atoms with Crippen LogP contribution in [0.3, 0.4) is 0 Å². The van der Waals surface area contributed by atoms with Crippen LogP contribution in [0.15, 0.2) is 11.8 Å². The predicted octanol–water partition coefficient (Wildman–Crippen LogP) is 0.251. The maximum absolute atomic E-state index is 11.4. The van der Waals surface area contributed by atoms with Crippen LogP contribution >= 0.6 is 0 Å². The Kier molecular flexibility index (Phi) is 2.48. The first-order valence-corrected chi connectivity index (χ1v) is 4.70. The van der Waals surface area contributed by atoms with Crippen LogP contribution in [-0.4, -0.2) is 32.3 Å². The van der Waals surface area contributed by atoms with Gasteiger partial charge in [0.25, 0.3) is 0 Å². The average Bonchev–Trinajstić information content (AvgIpc) is 2.53. The standard InChI is InChI=1S/C10H12O5/c1-13-5-3-6-8(7(4-5)14-2)10(12)15-9(6)11/h4,6-8H,3H2,1-2H3. The first-order chi connectivity index (χ1) is 7.17. The van der Waals surface area contributed by atoms with Crippen LogP contribution < -0.4 is 0 Å². The Labute approximate surface area is 87.0 Å². The highest BCUT2D eigenvalue weighted by Gasteiger charge is 2.50. The van der Waals surface area contributed by atoms with E-state index in [-0.39, 0.29) is 0 Å². The number of methoxy groups -OCH3 is 2. The first-order valence-electron chi connectivity index (χ1n) is 4.70. The lowest BCUT2D eigenvalue weighted by Gasteiger charge is -2.26. The van der Waals surface area contributed by atoms with Crippen LogP contribution in [0.5, 0.6) is 0 Å². The van der Waals surface area contributed by atoms with Crippen molar-refractivity contribution in [3.8, 4) is 0 Å². The molecule has 0 aromatic heterocycles. The van der Waals surface area contributed by atoms with Gasteiger partial charge in [0.15, 0.2) is 0 Å². The molecule has 0 radical (unpaired) electrons. The van der Waals surface area contributed by atoms with Crippen LogP contribution in [-0.2, 0) is 23.8 Å². The van der Waals surface area contributed by atoms with E-state index in [0.29, 0.717) is 12.2 Å². The molecule has 3 unspecified atom stereocenters. The molecule has 5 nitrogen and oxygen atoms in total. The second-order valence-corrected chi connectivity index (χ2v) is 3.61. The van der Waals surface area contributed by atoms with Crippen molar-refractivity contribution in [3.05, 3.63) is 11.8 Å². The molecular weight excluding hydrogens is 200 g/mol. The number of hydrogen-bond donors (Lipinski definition) is 0. The molecule has 1 aliphatic carbocycles. The number of rotatable bonds is 2. The van der Waals surface area contributed by atoms with Gasteiger partial charge in [-0.2, -0.15) is 0 Å². The van der Waals surface area contributed by atoms with Gasteiger partial charge >= 0.3 is 11.9 Å². The largest absolute Gasteiger partial charge is 0.501 e. The number of hydrogen-bond acceptors (Lipinski definition) is 5. The van der Waals surface area contributed by atoms with E-state index < -0.39 is 29.9 Å². The fraction of sp³-hybridized carbons (Fsp3) is 0.600. The molecule has 0 amide bonds. The zero-order chi connectivity index (χ0) is 11.0. The topological polar surface area (TPSA) is 61.8 Å². The van der Waals surface area contributed by atoms with E-state index in [0.717, 1.165) is 0 Å². The zero-order valence-corrected chi connectivity index (χ0v) is 8.56. The number of ether oxygens (including phenoxy) is 3. The summed E-state index contributed by atoms with van der Waals surface area (Å²) < 4.78 is 14.8. The number of esters is 2. The van der Waals surface area contributed by atoms with Gasteiger partial charge in [0.1, 0.15) is 5.92 Å². The minimum absolute atomic E-state index is 0.408. The third-order valence-electron chi connectivity index (χ3n) is 2.87. The molecule has 15 heavy (non-hydrogen) atoms. The quantitative estimate of drug-likeness (QED) is 0.485. The fourth-order valence-corrected chi connectivity index (χ4v) is 2.06. The van der Waals surface area contributed by atoms with E-state index in [2.05, 4.69) is 4.74 Å². The van der Waals surface area contributed by atoms with Crippen molar-refractivity contribution in [2.75, 3.05) is 14.2 Å². The summed E-state index contributed by atoms with van der Waals surface area (Å²) in [6, 6.07) is 0. The Morgan fingerprint density at radius 2 is 2.07 bits per heavy atom. The second kappa shape index (κ2) is 3.66. The lowest BCUT2D eigenvalue weighted by molar-refractivity contribution is -0.154. The fourth-order valence-electron chi connectivity index (χ4n) is 2.06. The average molecular weight is 212 g/mol. The Hall–Kier alpha value is -1.36. The number of carbonyl (C=O) groups excluding carboxylic acids is 2. The van der Waals surface area contributed by atoms with Crippen molar-refractivity contribution < 1.29 is 23.8 Å². The van der Waals surface area contributed by atoms with Gasteiger partial charge in [0, 0.05) is 13.5 Å². The van der Waals surface area contributed by atoms with Crippen LogP contribution in [0.25, 0.3) is 0 Å². The van der Waals surface area contributed by atoms with Crippen LogP contribution in [0, 0.1) is 11.8 Å². The van der Waals surface area contributed by atoms with E-state index in [1.54, 1.807) is 6.08 Å². The van der Waals surface area contributed by atoms with Gasteiger partial charge in [-0.3, -0.25) is 9.59 Å². The summed E-state index contributed by atoms with van der Waals surface area (Å²) in [5.41, 5.74) is 0. The minimum Gasteiger partial charge on any atom is -0.501 e. The van der Waals surface area contributed by atoms with Crippen LogP contribution in [0.4, 0.5) is 0 Å². The SMILES string of the molecule is COC1=CC(OC)C2C(=O)OC(=O)C2C1. The maximum atomic E-state index is 11.4. The molecule has 0 bridgehead atoms. The molecule has 3 atom stereocenters. The Morgan fingerprint density at radius 3 is 2.67 bits per heavy atom. The predicted molar refractivity (Wildman–Crippen MR) is 48.6 cm³/mol. The molecule has 0 saturated carbocycles. The van der Waals surface area contributed by atoms with Gasteiger partial charge in [0.05, 0.1) is 24.9 Å². The molecule has 1 heterocycles. The lowest BCUT2D eigenvalue weighted by atomic mass is 9.82. The van der Waals surface area contributed by atoms with Crippen molar-refractivity contribution in [3.63, 3.8) is 0 Å². The highest BCUT2D eigenvalue weighted by Crippen LogP contribution is 2.37.